The number of fused-ring (bicyclic) bond motifs is 1. The summed E-state index contributed by atoms with van der Waals surface area (Å²) < 4.78 is 0. The number of H-pyrrole nitrogens is 1. The zero-order valence-corrected chi connectivity index (χ0v) is 9.18. The van der Waals surface area contributed by atoms with Gasteiger partial charge in [-0.2, -0.15) is 5.10 Å². The van der Waals surface area contributed by atoms with Crippen molar-refractivity contribution in [2.45, 2.75) is 51.6 Å². The Morgan fingerprint density at radius 3 is 2.87 bits per heavy atom. The lowest BCUT2D eigenvalue weighted by Gasteiger charge is -2.20. The van der Waals surface area contributed by atoms with E-state index in [0.717, 1.165) is 19.0 Å². The van der Waals surface area contributed by atoms with Crippen LogP contribution in [-0.4, -0.2) is 10.2 Å². The molecule has 1 aromatic heterocycles. The minimum absolute atomic E-state index is 0.895. The van der Waals surface area contributed by atoms with Gasteiger partial charge in [0.05, 0.1) is 11.4 Å². The molecule has 3 rings (SSSR count). The van der Waals surface area contributed by atoms with Crippen molar-refractivity contribution in [2.75, 3.05) is 0 Å². The van der Waals surface area contributed by atoms with Crippen LogP contribution < -0.4 is 5.32 Å². The SMILES string of the molecule is C1CCC(Cc2n[nH]c3c2CNC3)CC1. The summed E-state index contributed by atoms with van der Waals surface area (Å²) in [6.45, 7) is 2.00. The molecular formula is C12H19N3. The molecule has 15 heavy (non-hydrogen) atoms. The maximum atomic E-state index is 4.47. The summed E-state index contributed by atoms with van der Waals surface area (Å²) in [6.07, 6.45) is 8.32. The monoisotopic (exact) mass is 205 g/mol. The smallest absolute Gasteiger partial charge is 0.0673 e. The molecule has 1 aliphatic carbocycles. The summed E-state index contributed by atoms with van der Waals surface area (Å²) in [5.41, 5.74) is 4.11. The van der Waals surface area contributed by atoms with Crippen molar-refractivity contribution in [1.82, 2.24) is 15.5 Å². The summed E-state index contributed by atoms with van der Waals surface area (Å²) in [5.74, 6) is 0.895. The van der Waals surface area contributed by atoms with Gasteiger partial charge in [0, 0.05) is 18.7 Å². The molecule has 0 amide bonds. The molecule has 2 aliphatic rings. The first kappa shape index (κ1) is 9.40. The maximum Gasteiger partial charge on any atom is 0.0673 e. The molecule has 0 aromatic carbocycles. The summed E-state index contributed by atoms with van der Waals surface area (Å²) in [6, 6.07) is 0. The topological polar surface area (TPSA) is 40.7 Å². The van der Waals surface area contributed by atoms with Crippen molar-refractivity contribution in [3.05, 3.63) is 17.0 Å². The molecule has 3 heteroatoms. The zero-order chi connectivity index (χ0) is 10.1. The van der Waals surface area contributed by atoms with Gasteiger partial charge in [-0.05, 0) is 12.3 Å². The summed E-state index contributed by atoms with van der Waals surface area (Å²) in [4.78, 5) is 0. The second-order valence-electron chi connectivity index (χ2n) is 4.94. The van der Waals surface area contributed by atoms with E-state index in [1.807, 2.05) is 0 Å². The average molecular weight is 205 g/mol. The maximum absolute atomic E-state index is 4.47. The van der Waals surface area contributed by atoms with E-state index in [1.54, 1.807) is 0 Å². The molecule has 1 aromatic rings. The molecule has 0 bridgehead atoms. The number of aromatic nitrogens is 2. The van der Waals surface area contributed by atoms with Crippen molar-refractivity contribution >= 4 is 0 Å². The minimum atomic E-state index is 0.895. The van der Waals surface area contributed by atoms with Gasteiger partial charge in [0.1, 0.15) is 0 Å². The highest BCUT2D eigenvalue weighted by atomic mass is 15.2. The average Bonchev–Trinajstić information content (AvgIpc) is 2.85. The van der Waals surface area contributed by atoms with Gasteiger partial charge < -0.3 is 5.32 Å². The fourth-order valence-electron chi connectivity index (χ4n) is 2.95. The quantitative estimate of drug-likeness (QED) is 0.776. The van der Waals surface area contributed by atoms with Crippen molar-refractivity contribution in [1.29, 1.82) is 0 Å². The molecular weight excluding hydrogens is 186 g/mol. The molecule has 1 aliphatic heterocycles. The van der Waals surface area contributed by atoms with Crippen LogP contribution in [0.15, 0.2) is 0 Å². The Labute approximate surface area is 90.7 Å². The van der Waals surface area contributed by atoms with Crippen LogP contribution in [-0.2, 0) is 19.5 Å². The molecule has 2 N–H and O–H groups in total. The van der Waals surface area contributed by atoms with Gasteiger partial charge in [0.25, 0.3) is 0 Å². The Morgan fingerprint density at radius 1 is 1.13 bits per heavy atom. The van der Waals surface area contributed by atoms with Gasteiger partial charge in [0.15, 0.2) is 0 Å². The first-order chi connectivity index (χ1) is 7.43. The molecule has 1 fully saturated rings. The van der Waals surface area contributed by atoms with Crippen LogP contribution in [0.1, 0.15) is 49.1 Å². The van der Waals surface area contributed by atoms with Gasteiger partial charge in [-0.25, -0.2) is 0 Å². The molecule has 2 heterocycles. The highest BCUT2D eigenvalue weighted by Gasteiger charge is 2.21. The van der Waals surface area contributed by atoms with E-state index in [9.17, 15) is 0 Å². The summed E-state index contributed by atoms with van der Waals surface area (Å²) >= 11 is 0. The van der Waals surface area contributed by atoms with Crippen LogP contribution in [0.2, 0.25) is 0 Å². The van der Waals surface area contributed by atoms with Gasteiger partial charge >= 0.3 is 0 Å². The minimum Gasteiger partial charge on any atom is -0.307 e. The highest BCUT2D eigenvalue weighted by molar-refractivity contribution is 5.28. The molecule has 0 radical (unpaired) electrons. The number of nitrogens with zero attached hydrogens (tertiary/aromatic N) is 1. The molecule has 0 saturated heterocycles. The number of hydrogen-bond donors (Lipinski definition) is 2. The van der Waals surface area contributed by atoms with E-state index in [4.69, 9.17) is 0 Å². The largest absolute Gasteiger partial charge is 0.307 e. The van der Waals surface area contributed by atoms with Gasteiger partial charge in [0.2, 0.25) is 0 Å². The Balaban J connectivity index is 1.70. The third kappa shape index (κ3) is 1.81. The Hall–Kier alpha value is -0.830. The predicted octanol–water partition coefficient (Wildman–Crippen LogP) is 2.14. The third-order valence-electron chi connectivity index (χ3n) is 3.85. The van der Waals surface area contributed by atoms with E-state index < -0.39 is 0 Å². The van der Waals surface area contributed by atoms with E-state index in [1.165, 1.54) is 55.5 Å². The third-order valence-corrected chi connectivity index (χ3v) is 3.85. The Kier molecular flexibility index (Phi) is 2.49. The number of rotatable bonds is 2. The first-order valence-corrected chi connectivity index (χ1v) is 6.19. The van der Waals surface area contributed by atoms with Gasteiger partial charge in [-0.1, -0.05) is 32.1 Å². The molecule has 3 nitrogen and oxygen atoms in total. The normalized spacial score (nSPS) is 21.9. The fraction of sp³-hybridized carbons (Fsp3) is 0.750. The standard InChI is InChI=1S/C12H19N3/c1-2-4-9(5-3-1)6-11-10-7-13-8-12(10)15-14-11/h9,13H,1-8H2,(H,14,15). The second-order valence-corrected chi connectivity index (χ2v) is 4.94. The molecule has 82 valence electrons. The fourth-order valence-corrected chi connectivity index (χ4v) is 2.95. The van der Waals surface area contributed by atoms with E-state index in [-0.39, 0.29) is 0 Å². The van der Waals surface area contributed by atoms with Crippen molar-refractivity contribution in [3.8, 4) is 0 Å². The Morgan fingerprint density at radius 2 is 2.00 bits per heavy atom. The lowest BCUT2D eigenvalue weighted by Crippen LogP contribution is -2.11. The summed E-state index contributed by atoms with van der Waals surface area (Å²) in [7, 11) is 0. The van der Waals surface area contributed by atoms with Gasteiger partial charge in [-0.15, -0.1) is 0 Å². The van der Waals surface area contributed by atoms with Crippen molar-refractivity contribution < 1.29 is 0 Å². The lowest BCUT2D eigenvalue weighted by molar-refractivity contribution is 0.353. The van der Waals surface area contributed by atoms with Crippen LogP contribution in [0.3, 0.4) is 0 Å². The summed E-state index contributed by atoms with van der Waals surface area (Å²) in [5, 5.41) is 11.0. The number of hydrogen-bond acceptors (Lipinski definition) is 2. The van der Waals surface area contributed by atoms with Crippen LogP contribution >= 0.6 is 0 Å². The number of aromatic amines is 1. The van der Waals surface area contributed by atoms with Crippen LogP contribution in [0.4, 0.5) is 0 Å². The molecule has 0 unspecified atom stereocenters. The van der Waals surface area contributed by atoms with Gasteiger partial charge in [-0.3, -0.25) is 5.10 Å². The van der Waals surface area contributed by atoms with Crippen LogP contribution in [0, 0.1) is 5.92 Å². The number of nitrogens with one attached hydrogen (secondary N) is 2. The van der Waals surface area contributed by atoms with E-state index in [2.05, 4.69) is 15.5 Å². The molecule has 0 spiro atoms. The van der Waals surface area contributed by atoms with Crippen LogP contribution in [0.5, 0.6) is 0 Å². The second kappa shape index (κ2) is 3.97. The zero-order valence-electron chi connectivity index (χ0n) is 9.18. The molecule has 1 saturated carbocycles. The van der Waals surface area contributed by atoms with Crippen molar-refractivity contribution in [2.24, 2.45) is 5.92 Å². The van der Waals surface area contributed by atoms with E-state index >= 15 is 0 Å². The molecule has 0 atom stereocenters. The first-order valence-electron chi connectivity index (χ1n) is 6.19. The van der Waals surface area contributed by atoms with Crippen molar-refractivity contribution in [3.63, 3.8) is 0 Å². The highest BCUT2D eigenvalue weighted by Crippen LogP contribution is 2.28. The van der Waals surface area contributed by atoms with E-state index in [0.29, 0.717) is 0 Å². The van der Waals surface area contributed by atoms with Crippen LogP contribution in [0.25, 0.3) is 0 Å². The Bertz CT molecular complexity index is 337. The predicted molar refractivity (Wildman–Crippen MR) is 59.4 cm³/mol. The lowest BCUT2D eigenvalue weighted by atomic mass is 9.85.